The molecule has 8 heteroatoms. The lowest BCUT2D eigenvalue weighted by molar-refractivity contribution is -0.138. The molecule has 0 saturated carbocycles. The van der Waals surface area contributed by atoms with Crippen LogP contribution < -0.4 is 10.6 Å². The van der Waals surface area contributed by atoms with Crippen LogP contribution in [0, 0.1) is 6.92 Å². The Labute approximate surface area is 175 Å². The van der Waals surface area contributed by atoms with Crippen molar-refractivity contribution >= 4 is 33.2 Å². The molecule has 0 aromatic heterocycles. The average molecular weight is 429 g/mol. The monoisotopic (exact) mass is 428 g/mol. The molecule has 7 nitrogen and oxygen atoms in total. The van der Waals surface area contributed by atoms with Crippen molar-refractivity contribution in [2.45, 2.75) is 43.4 Å². The van der Waals surface area contributed by atoms with Crippen LogP contribution in [0.2, 0.25) is 0 Å². The van der Waals surface area contributed by atoms with Gasteiger partial charge >= 0.3 is 0 Å². The van der Waals surface area contributed by atoms with Gasteiger partial charge in [-0.2, -0.15) is 0 Å². The van der Waals surface area contributed by atoms with Gasteiger partial charge in [-0.1, -0.05) is 25.1 Å². The smallest absolute Gasteiger partial charge is 0.255 e. The fourth-order valence-corrected chi connectivity index (χ4v) is 4.36. The number of sulfone groups is 1. The van der Waals surface area contributed by atoms with Crippen LogP contribution in [0.3, 0.4) is 0 Å². The number of hydrogen-bond acceptors (Lipinski definition) is 5. The predicted molar refractivity (Wildman–Crippen MR) is 113 cm³/mol. The zero-order valence-corrected chi connectivity index (χ0v) is 17.9. The molecule has 1 aliphatic rings. The molecule has 1 atom stereocenters. The Balaban J connectivity index is 1.83. The molecule has 30 heavy (non-hydrogen) atoms. The van der Waals surface area contributed by atoms with Crippen molar-refractivity contribution < 1.29 is 22.8 Å². The molecule has 1 heterocycles. The predicted octanol–water partition coefficient (Wildman–Crippen LogP) is 2.74. The van der Waals surface area contributed by atoms with Crippen molar-refractivity contribution in [3.05, 3.63) is 59.2 Å². The van der Waals surface area contributed by atoms with Gasteiger partial charge in [0.15, 0.2) is 9.84 Å². The van der Waals surface area contributed by atoms with Crippen LogP contribution in [0.15, 0.2) is 47.4 Å². The van der Waals surface area contributed by atoms with Gasteiger partial charge in [0.05, 0.1) is 10.3 Å². The Bertz CT molecular complexity index is 1120. The third-order valence-electron chi connectivity index (χ3n) is 5.65. The summed E-state index contributed by atoms with van der Waals surface area (Å²) >= 11 is 0. The van der Waals surface area contributed by atoms with Crippen LogP contribution >= 0.6 is 0 Å². The number of benzene rings is 2. The second kappa shape index (κ2) is 8.02. The number of anilines is 1. The van der Waals surface area contributed by atoms with Crippen LogP contribution in [-0.4, -0.2) is 32.4 Å². The molecule has 3 amide bonds. The van der Waals surface area contributed by atoms with Crippen molar-refractivity contribution in [3.63, 3.8) is 0 Å². The number of aryl methyl sites for hydroxylation is 1. The third-order valence-corrected chi connectivity index (χ3v) is 6.76. The zero-order valence-electron chi connectivity index (χ0n) is 17.1. The van der Waals surface area contributed by atoms with E-state index in [-0.39, 0.29) is 28.7 Å². The first-order chi connectivity index (χ1) is 14.1. The first-order valence-electron chi connectivity index (χ1n) is 9.64. The molecule has 0 bridgehead atoms. The minimum Gasteiger partial charge on any atom is -0.322 e. The summed E-state index contributed by atoms with van der Waals surface area (Å²) in [6, 6.07) is 11.4. The number of carbonyl (C=O) groups excluding carboxylic acids is 3. The Morgan fingerprint density at radius 1 is 1.13 bits per heavy atom. The van der Waals surface area contributed by atoms with E-state index in [1.807, 2.05) is 6.92 Å². The number of carbonyl (C=O) groups is 3. The van der Waals surface area contributed by atoms with Gasteiger partial charge in [-0.05, 0) is 55.2 Å². The third kappa shape index (κ3) is 4.14. The Hall–Kier alpha value is -3.00. The van der Waals surface area contributed by atoms with Gasteiger partial charge in [-0.15, -0.1) is 0 Å². The normalized spacial score (nSPS) is 19.3. The highest BCUT2D eigenvalue weighted by molar-refractivity contribution is 7.90. The van der Waals surface area contributed by atoms with Crippen LogP contribution in [0.1, 0.15) is 47.7 Å². The number of imide groups is 1. The van der Waals surface area contributed by atoms with E-state index in [2.05, 4.69) is 10.6 Å². The average Bonchev–Trinajstić information content (AvgIpc) is 2.68. The van der Waals surface area contributed by atoms with Gasteiger partial charge in [-0.25, -0.2) is 8.42 Å². The molecule has 0 radical (unpaired) electrons. The molecule has 0 spiro atoms. The minimum absolute atomic E-state index is 0.0799. The molecule has 1 unspecified atom stereocenters. The summed E-state index contributed by atoms with van der Waals surface area (Å²) in [5, 5.41) is 5.18. The van der Waals surface area contributed by atoms with Crippen molar-refractivity contribution in [3.8, 4) is 0 Å². The molecule has 2 aromatic rings. The number of hydrogen-bond donors (Lipinski definition) is 2. The van der Waals surface area contributed by atoms with Crippen LogP contribution in [0.25, 0.3) is 0 Å². The van der Waals surface area contributed by atoms with E-state index >= 15 is 0 Å². The molecule has 158 valence electrons. The first-order valence-corrected chi connectivity index (χ1v) is 11.5. The summed E-state index contributed by atoms with van der Waals surface area (Å²) in [6.45, 7) is 3.64. The Morgan fingerprint density at radius 3 is 2.37 bits per heavy atom. The summed E-state index contributed by atoms with van der Waals surface area (Å²) in [5.74, 6) is -0.983. The van der Waals surface area contributed by atoms with Gasteiger partial charge in [0, 0.05) is 23.9 Å². The summed E-state index contributed by atoms with van der Waals surface area (Å²) in [4.78, 5) is 36.8. The molecule has 1 saturated heterocycles. The van der Waals surface area contributed by atoms with E-state index in [0.717, 1.165) is 11.8 Å². The lowest BCUT2D eigenvalue weighted by Gasteiger charge is -2.35. The van der Waals surface area contributed by atoms with Crippen LogP contribution in [0.4, 0.5) is 5.69 Å². The quantitative estimate of drug-likeness (QED) is 0.712. The molecular formula is C22H24N2O5S. The second-order valence-electron chi connectivity index (χ2n) is 7.59. The zero-order chi connectivity index (χ0) is 22.1. The van der Waals surface area contributed by atoms with Gasteiger partial charge < -0.3 is 5.32 Å². The molecule has 3 rings (SSSR count). The topological polar surface area (TPSA) is 109 Å². The maximum Gasteiger partial charge on any atom is 0.255 e. The molecular weight excluding hydrogens is 404 g/mol. The summed E-state index contributed by atoms with van der Waals surface area (Å²) in [7, 11) is -3.43. The number of rotatable bonds is 5. The Morgan fingerprint density at radius 2 is 1.80 bits per heavy atom. The first kappa shape index (κ1) is 21.7. The number of piperidine rings is 1. The van der Waals surface area contributed by atoms with E-state index in [4.69, 9.17) is 0 Å². The van der Waals surface area contributed by atoms with Crippen LogP contribution in [-0.2, 0) is 24.8 Å². The summed E-state index contributed by atoms with van der Waals surface area (Å²) < 4.78 is 23.6. The van der Waals surface area contributed by atoms with Gasteiger partial charge in [0.25, 0.3) is 5.91 Å². The van der Waals surface area contributed by atoms with Gasteiger partial charge in [0.2, 0.25) is 11.8 Å². The van der Waals surface area contributed by atoms with Crippen molar-refractivity contribution in [1.29, 1.82) is 0 Å². The van der Waals surface area contributed by atoms with Crippen molar-refractivity contribution in [1.82, 2.24) is 5.32 Å². The van der Waals surface area contributed by atoms with Gasteiger partial charge in [-0.3, -0.25) is 19.7 Å². The molecule has 1 aliphatic heterocycles. The lowest BCUT2D eigenvalue weighted by Crippen LogP contribution is -2.51. The maximum atomic E-state index is 12.7. The highest BCUT2D eigenvalue weighted by Crippen LogP contribution is 2.36. The fraction of sp³-hybridized carbons (Fsp3) is 0.318. The van der Waals surface area contributed by atoms with E-state index in [1.165, 1.54) is 12.1 Å². The maximum absolute atomic E-state index is 12.7. The van der Waals surface area contributed by atoms with E-state index in [1.54, 1.807) is 37.3 Å². The van der Waals surface area contributed by atoms with E-state index in [0.29, 0.717) is 24.1 Å². The number of amides is 3. The van der Waals surface area contributed by atoms with Crippen molar-refractivity contribution in [2.75, 3.05) is 11.6 Å². The minimum atomic E-state index is -3.43. The molecule has 2 aromatic carbocycles. The van der Waals surface area contributed by atoms with E-state index in [9.17, 15) is 22.8 Å². The van der Waals surface area contributed by atoms with Gasteiger partial charge in [0.1, 0.15) is 0 Å². The highest BCUT2D eigenvalue weighted by Gasteiger charge is 2.42. The van der Waals surface area contributed by atoms with Crippen LogP contribution in [0.5, 0.6) is 0 Å². The lowest BCUT2D eigenvalue weighted by atomic mass is 9.72. The SMILES string of the molecule is CCC1(c2ccc(NC(=O)c3cc(S(C)(=O)=O)ccc3C)cc2)CCC(=O)NC1=O. The molecule has 2 N–H and O–H groups in total. The fourth-order valence-electron chi connectivity index (χ4n) is 3.71. The highest BCUT2D eigenvalue weighted by atomic mass is 32.2. The molecule has 0 aliphatic carbocycles. The second-order valence-corrected chi connectivity index (χ2v) is 9.61. The summed E-state index contributed by atoms with van der Waals surface area (Å²) in [6.07, 6.45) is 2.37. The largest absolute Gasteiger partial charge is 0.322 e. The van der Waals surface area contributed by atoms with Crippen molar-refractivity contribution in [2.24, 2.45) is 0 Å². The Kier molecular flexibility index (Phi) is 5.81. The number of nitrogens with one attached hydrogen (secondary N) is 2. The van der Waals surface area contributed by atoms with E-state index < -0.39 is 21.2 Å². The summed E-state index contributed by atoms with van der Waals surface area (Å²) in [5.41, 5.74) is 1.47. The standard InChI is InChI=1S/C22H24N2O5S/c1-4-22(12-11-19(25)24-21(22)27)15-6-8-16(9-7-15)23-20(26)18-13-17(30(3,28)29)10-5-14(18)2/h5-10,13H,4,11-12H2,1-3H3,(H,23,26)(H,24,25,27). The molecule has 1 fully saturated rings.